The molecule has 0 spiro atoms. The van der Waals surface area contributed by atoms with E-state index in [1.54, 1.807) is 44.2 Å². The Morgan fingerprint density at radius 2 is 1.81 bits per heavy atom. The fourth-order valence-electron chi connectivity index (χ4n) is 0.878. The summed E-state index contributed by atoms with van der Waals surface area (Å²) in [6.45, 7) is 3.31. The van der Waals surface area contributed by atoms with Crippen LogP contribution in [0, 0.1) is 0 Å². The number of hydrogen-bond donors (Lipinski definition) is 1. The van der Waals surface area contributed by atoms with E-state index in [1.165, 1.54) is 0 Å². The molecule has 0 heterocycles. The van der Waals surface area contributed by atoms with Crippen molar-refractivity contribution in [3.63, 3.8) is 0 Å². The van der Waals surface area contributed by atoms with Crippen molar-refractivity contribution in [1.29, 1.82) is 0 Å². The normalized spacial score (nSPS) is 9.12. The fraction of sp³-hybridized carbons (Fsp3) is 0.182. The zero-order chi connectivity index (χ0) is 12.0. The fourth-order valence-corrected chi connectivity index (χ4v) is 0.878. The second kappa shape index (κ2) is 5.65. The van der Waals surface area contributed by atoms with Crippen LogP contribution in [0.3, 0.4) is 0 Å². The summed E-state index contributed by atoms with van der Waals surface area (Å²) in [6, 6.07) is 8.63. The summed E-state index contributed by atoms with van der Waals surface area (Å²) in [5.74, 6) is -1.89. The van der Waals surface area contributed by atoms with Crippen LogP contribution < -0.4 is 5.32 Å². The van der Waals surface area contributed by atoms with E-state index in [0.29, 0.717) is 11.4 Å². The van der Waals surface area contributed by atoms with Crippen molar-refractivity contribution in [2.24, 2.45) is 5.16 Å². The number of anilines is 1. The Morgan fingerprint density at radius 3 is 2.38 bits per heavy atom. The van der Waals surface area contributed by atoms with Crippen LogP contribution in [0.5, 0.6) is 0 Å². The zero-order valence-corrected chi connectivity index (χ0v) is 9.06. The highest BCUT2D eigenvalue weighted by Crippen LogP contribution is 2.04. The maximum Gasteiger partial charge on any atom is 0.423 e. The minimum absolute atomic E-state index is 0.529. The van der Waals surface area contributed by atoms with Gasteiger partial charge in [-0.2, -0.15) is 0 Å². The molecule has 1 aromatic rings. The van der Waals surface area contributed by atoms with Gasteiger partial charge in [-0.05, 0) is 26.0 Å². The molecule has 0 aliphatic rings. The Balaban J connectivity index is 2.53. The van der Waals surface area contributed by atoms with Crippen LogP contribution in [-0.4, -0.2) is 17.6 Å². The number of nitrogens with one attached hydrogen (secondary N) is 1. The summed E-state index contributed by atoms with van der Waals surface area (Å²) >= 11 is 0. The van der Waals surface area contributed by atoms with Gasteiger partial charge in [-0.15, -0.1) is 0 Å². The van der Waals surface area contributed by atoms with Gasteiger partial charge in [0.2, 0.25) is 0 Å². The lowest BCUT2D eigenvalue weighted by Gasteiger charge is -2.01. The molecule has 84 valence electrons. The number of benzene rings is 1. The third-order valence-corrected chi connectivity index (χ3v) is 1.53. The van der Waals surface area contributed by atoms with E-state index in [2.05, 4.69) is 15.3 Å². The van der Waals surface area contributed by atoms with E-state index in [0.717, 1.165) is 0 Å². The maximum absolute atomic E-state index is 11.3. The maximum atomic E-state index is 11.3. The Kier molecular flexibility index (Phi) is 4.20. The minimum Gasteiger partial charge on any atom is -0.316 e. The lowest BCUT2D eigenvalue weighted by Crippen LogP contribution is -2.23. The van der Waals surface area contributed by atoms with Crippen molar-refractivity contribution in [3.05, 3.63) is 30.3 Å². The zero-order valence-electron chi connectivity index (χ0n) is 9.06. The predicted octanol–water partition coefficient (Wildman–Crippen LogP) is 1.56. The quantitative estimate of drug-likeness (QED) is 0.356. The minimum atomic E-state index is -1.04. The third kappa shape index (κ3) is 3.91. The van der Waals surface area contributed by atoms with Crippen LogP contribution in [0.2, 0.25) is 0 Å². The van der Waals surface area contributed by atoms with Crippen molar-refractivity contribution in [1.82, 2.24) is 0 Å². The standard InChI is InChI=1S/C11H12N2O3/c1-8(2)13-16-11(15)10(14)12-9-6-4-3-5-7-9/h3-7H,1-2H3,(H,12,14). The second-order valence-corrected chi connectivity index (χ2v) is 3.24. The van der Waals surface area contributed by atoms with Crippen LogP contribution in [0.1, 0.15) is 13.8 Å². The molecular formula is C11H12N2O3. The van der Waals surface area contributed by atoms with Crippen LogP contribution in [0.25, 0.3) is 0 Å². The Bertz CT molecular complexity index is 408. The monoisotopic (exact) mass is 220 g/mol. The van der Waals surface area contributed by atoms with Crippen LogP contribution in [-0.2, 0) is 14.4 Å². The van der Waals surface area contributed by atoms with Crippen molar-refractivity contribution in [2.75, 3.05) is 5.32 Å². The summed E-state index contributed by atoms with van der Waals surface area (Å²) in [7, 11) is 0. The van der Waals surface area contributed by atoms with Gasteiger partial charge < -0.3 is 10.2 Å². The van der Waals surface area contributed by atoms with Gasteiger partial charge in [0.25, 0.3) is 0 Å². The van der Waals surface area contributed by atoms with Gasteiger partial charge in [-0.1, -0.05) is 23.4 Å². The molecule has 0 unspecified atom stereocenters. The number of amides is 1. The molecule has 1 aromatic carbocycles. The molecule has 0 aliphatic carbocycles. The lowest BCUT2D eigenvalue weighted by molar-refractivity contribution is -0.152. The highest BCUT2D eigenvalue weighted by atomic mass is 16.7. The second-order valence-electron chi connectivity index (χ2n) is 3.24. The summed E-state index contributed by atoms with van der Waals surface area (Å²) in [4.78, 5) is 26.8. The number of carbonyl (C=O) groups is 2. The van der Waals surface area contributed by atoms with Gasteiger partial charge in [-0.25, -0.2) is 4.79 Å². The first-order valence-electron chi connectivity index (χ1n) is 4.68. The number of para-hydroxylation sites is 1. The van der Waals surface area contributed by atoms with E-state index < -0.39 is 11.9 Å². The summed E-state index contributed by atoms with van der Waals surface area (Å²) in [6.07, 6.45) is 0. The SMILES string of the molecule is CC(C)=NOC(=O)C(=O)Nc1ccccc1. The van der Waals surface area contributed by atoms with Crippen molar-refractivity contribution >= 4 is 23.3 Å². The summed E-state index contributed by atoms with van der Waals surface area (Å²) in [5, 5.41) is 5.78. The predicted molar refractivity (Wildman–Crippen MR) is 59.9 cm³/mol. The summed E-state index contributed by atoms with van der Waals surface area (Å²) < 4.78 is 0. The molecule has 1 rings (SSSR count). The lowest BCUT2D eigenvalue weighted by atomic mass is 10.3. The Hall–Kier alpha value is -2.17. The number of hydrogen-bond acceptors (Lipinski definition) is 4. The Labute approximate surface area is 93.1 Å². The van der Waals surface area contributed by atoms with Gasteiger partial charge in [0, 0.05) is 5.69 Å². The van der Waals surface area contributed by atoms with Crippen LogP contribution >= 0.6 is 0 Å². The van der Waals surface area contributed by atoms with Crippen molar-refractivity contribution < 1.29 is 14.4 Å². The first-order chi connectivity index (χ1) is 7.59. The van der Waals surface area contributed by atoms with Gasteiger partial charge >= 0.3 is 11.9 Å². The topological polar surface area (TPSA) is 67.8 Å². The molecule has 16 heavy (non-hydrogen) atoms. The molecule has 0 fully saturated rings. The van der Waals surface area contributed by atoms with Crippen LogP contribution in [0.15, 0.2) is 35.5 Å². The molecule has 0 saturated heterocycles. The van der Waals surface area contributed by atoms with Crippen molar-refractivity contribution in [2.45, 2.75) is 13.8 Å². The smallest absolute Gasteiger partial charge is 0.316 e. The molecule has 0 aromatic heterocycles. The first kappa shape index (κ1) is 11.9. The summed E-state index contributed by atoms with van der Waals surface area (Å²) in [5.41, 5.74) is 1.09. The van der Waals surface area contributed by atoms with E-state index >= 15 is 0 Å². The molecule has 1 N–H and O–H groups in total. The number of rotatable bonds is 2. The molecule has 5 nitrogen and oxygen atoms in total. The number of nitrogens with zero attached hydrogens (tertiary/aromatic N) is 1. The van der Waals surface area contributed by atoms with E-state index in [1.807, 2.05) is 0 Å². The number of carbonyl (C=O) groups excluding carboxylic acids is 2. The molecule has 5 heteroatoms. The molecule has 0 radical (unpaired) electrons. The first-order valence-corrected chi connectivity index (χ1v) is 4.68. The van der Waals surface area contributed by atoms with Gasteiger partial charge in [-0.3, -0.25) is 4.79 Å². The molecule has 0 aliphatic heterocycles. The van der Waals surface area contributed by atoms with E-state index in [9.17, 15) is 9.59 Å². The largest absolute Gasteiger partial charge is 0.423 e. The van der Waals surface area contributed by atoms with Crippen molar-refractivity contribution in [3.8, 4) is 0 Å². The molecule has 0 bridgehead atoms. The number of oxime groups is 1. The van der Waals surface area contributed by atoms with Gasteiger partial charge in [0.15, 0.2) is 0 Å². The van der Waals surface area contributed by atoms with Gasteiger partial charge in [0.05, 0.1) is 5.71 Å². The molecule has 0 saturated carbocycles. The Morgan fingerprint density at radius 1 is 1.19 bits per heavy atom. The third-order valence-electron chi connectivity index (χ3n) is 1.53. The van der Waals surface area contributed by atoms with Crippen LogP contribution in [0.4, 0.5) is 5.69 Å². The average molecular weight is 220 g/mol. The molecular weight excluding hydrogens is 208 g/mol. The van der Waals surface area contributed by atoms with E-state index in [-0.39, 0.29) is 0 Å². The average Bonchev–Trinajstić information content (AvgIpc) is 2.27. The highest BCUT2D eigenvalue weighted by molar-refractivity contribution is 6.37. The van der Waals surface area contributed by atoms with E-state index in [4.69, 9.17) is 0 Å². The highest BCUT2D eigenvalue weighted by Gasteiger charge is 2.15. The molecule has 0 atom stereocenters. The van der Waals surface area contributed by atoms with Gasteiger partial charge in [0.1, 0.15) is 0 Å². The molecule has 1 amide bonds.